The third-order valence-electron chi connectivity index (χ3n) is 14.2. The summed E-state index contributed by atoms with van der Waals surface area (Å²) in [6.45, 7) is 14.0. The number of hydrogen-bond donors (Lipinski definition) is 3. The molecule has 538 valence electrons. The molecule has 2 aromatic heterocycles. The maximum atomic E-state index is 11.9. The standard InChI is InChI=1S/C41H35N3O10.C37H35N3O11/c1-27(53-30-9-5-3-6-10-30)49-21-22-50-32-17-19-34(36(45)25-32)39-42-38(28-13-15-29(48-2)16-14-28)43-40(44-39)35-20-18-33(26-37(35)46)51-23-24-52-41(47)54-31-11-7-4-8-12-31;1-5-32(42)49-19-16-46-26-12-14-28(30(41)22-26)36-38-35(24-8-10-25(45-4)11-9-24)39-37(40-36)29-15-13-27(47-17-20-50-33(43)6-2)23-31(29)48-18-21-51-34(44)7-3/h3-20,25-26,45-46H,1,21-24H2,2H3;5-15,22-23,41H,1-3,16-21H2,4H3. The highest BCUT2D eigenvalue weighted by Gasteiger charge is 2.22. The molecule has 0 unspecified atom stereocenters. The summed E-state index contributed by atoms with van der Waals surface area (Å²) in [7, 11) is 3.12. The smallest absolute Gasteiger partial charge is 0.507 e. The first-order valence-electron chi connectivity index (χ1n) is 32.0. The predicted molar refractivity (Wildman–Crippen MR) is 382 cm³/mol. The first kappa shape index (κ1) is 75.2. The summed E-state index contributed by atoms with van der Waals surface area (Å²) >= 11 is 0. The van der Waals surface area contributed by atoms with Gasteiger partial charge in [0.15, 0.2) is 34.9 Å². The summed E-state index contributed by atoms with van der Waals surface area (Å²) in [6, 6.07) is 50.7. The number of ether oxygens (including phenoxy) is 14. The third kappa shape index (κ3) is 22.8. The Balaban J connectivity index is 0.000000244. The van der Waals surface area contributed by atoms with Crippen molar-refractivity contribution < 1.29 is 101 Å². The maximum absolute atomic E-state index is 11.9. The zero-order valence-corrected chi connectivity index (χ0v) is 56.8. The topological polar surface area (TPSA) is 336 Å². The van der Waals surface area contributed by atoms with Crippen molar-refractivity contribution >= 4 is 24.1 Å². The number of phenolic OH excluding ortho intramolecular Hbond substituents is 3. The van der Waals surface area contributed by atoms with Gasteiger partial charge >= 0.3 is 24.1 Å². The van der Waals surface area contributed by atoms with Gasteiger partial charge in [-0.05, 0) is 128 Å². The van der Waals surface area contributed by atoms with E-state index in [1.807, 2.05) is 18.2 Å². The molecule has 27 heteroatoms. The Bertz CT molecular complexity index is 4510. The molecule has 0 amide bonds. The monoisotopic (exact) mass is 1430 g/mol. The number of esters is 3. The Hall–Kier alpha value is -14.0. The van der Waals surface area contributed by atoms with Crippen molar-refractivity contribution in [3.63, 3.8) is 0 Å². The molecule has 10 aromatic rings. The van der Waals surface area contributed by atoms with Crippen LogP contribution in [-0.4, -0.2) is 150 Å². The maximum Gasteiger partial charge on any atom is 0.513 e. The lowest BCUT2D eigenvalue weighted by atomic mass is 10.1. The van der Waals surface area contributed by atoms with Gasteiger partial charge in [0, 0.05) is 53.6 Å². The molecule has 27 nitrogen and oxygen atoms in total. The second kappa shape index (κ2) is 38.6. The van der Waals surface area contributed by atoms with Crippen LogP contribution >= 0.6 is 0 Å². The minimum absolute atomic E-state index is 0.00414. The number of carbonyl (C=O) groups is 4. The average molecular weight is 1430 g/mol. The van der Waals surface area contributed by atoms with Crippen molar-refractivity contribution in [3.05, 3.63) is 232 Å². The van der Waals surface area contributed by atoms with Gasteiger partial charge in [0.2, 0.25) is 0 Å². The molecule has 0 fully saturated rings. The van der Waals surface area contributed by atoms with Crippen LogP contribution in [0.2, 0.25) is 0 Å². The molecule has 105 heavy (non-hydrogen) atoms. The van der Waals surface area contributed by atoms with E-state index in [9.17, 15) is 34.5 Å². The van der Waals surface area contributed by atoms with Crippen LogP contribution in [0.4, 0.5) is 4.79 Å². The molecule has 0 radical (unpaired) electrons. The first-order valence-corrected chi connectivity index (χ1v) is 32.0. The van der Waals surface area contributed by atoms with Crippen LogP contribution in [0, 0.1) is 0 Å². The van der Waals surface area contributed by atoms with Crippen LogP contribution in [-0.2, 0) is 38.1 Å². The first-order chi connectivity index (χ1) is 51.1. The van der Waals surface area contributed by atoms with Gasteiger partial charge in [-0.15, -0.1) is 0 Å². The summed E-state index contributed by atoms with van der Waals surface area (Å²) in [6.07, 6.45) is 2.28. The highest BCUT2D eigenvalue weighted by atomic mass is 16.7. The van der Waals surface area contributed by atoms with Gasteiger partial charge in [0.25, 0.3) is 5.95 Å². The van der Waals surface area contributed by atoms with Crippen molar-refractivity contribution in [2.45, 2.75) is 0 Å². The zero-order chi connectivity index (χ0) is 74.3. The Morgan fingerprint density at radius 3 is 1.02 bits per heavy atom. The number of phenols is 3. The van der Waals surface area contributed by atoms with Crippen molar-refractivity contribution in [1.29, 1.82) is 0 Å². The van der Waals surface area contributed by atoms with E-state index >= 15 is 0 Å². The van der Waals surface area contributed by atoms with Gasteiger partial charge in [-0.2, -0.15) is 0 Å². The summed E-state index contributed by atoms with van der Waals surface area (Å²) < 4.78 is 75.5. The van der Waals surface area contributed by atoms with Crippen molar-refractivity contribution in [3.8, 4) is 137 Å². The SMILES string of the molecule is C=C(OCCOc1ccc(-c2nc(-c3ccc(OC)cc3)nc(-c3ccc(OCCOC(=O)Oc4ccccc4)cc3O)n2)c(O)c1)Oc1ccccc1.C=CC(=O)OCCOc1ccc(-c2nc(-c3ccc(OC)cc3)nc(-c3ccc(OCCOC(=O)C=C)cc3OCCOC(=O)C=C)n2)c(O)c1. The number of benzene rings is 8. The normalized spacial score (nSPS) is 10.4. The molecular weight excluding hydrogens is 1360 g/mol. The van der Waals surface area contributed by atoms with E-state index in [2.05, 4.69) is 46.3 Å². The molecule has 0 aliphatic carbocycles. The predicted octanol–water partition coefficient (Wildman–Crippen LogP) is 12.7. The lowest BCUT2D eigenvalue weighted by molar-refractivity contribution is -0.139. The van der Waals surface area contributed by atoms with Gasteiger partial charge in [0.1, 0.15) is 135 Å². The van der Waals surface area contributed by atoms with E-state index in [1.54, 1.807) is 160 Å². The quantitative estimate of drug-likeness (QED) is 0.00829. The Morgan fingerprint density at radius 2 is 0.648 bits per heavy atom. The molecule has 10 rings (SSSR count). The summed E-state index contributed by atoms with van der Waals surface area (Å²) in [5.41, 5.74) is 2.53. The highest BCUT2D eigenvalue weighted by Crippen LogP contribution is 2.39. The van der Waals surface area contributed by atoms with E-state index in [4.69, 9.17) is 76.3 Å². The number of aromatic hydroxyl groups is 3. The Labute approximate surface area is 602 Å². The van der Waals surface area contributed by atoms with E-state index < -0.39 is 24.1 Å². The molecule has 0 saturated carbocycles. The van der Waals surface area contributed by atoms with E-state index in [1.165, 1.54) is 18.2 Å². The average Bonchev–Trinajstić information content (AvgIpc) is 0.791. The van der Waals surface area contributed by atoms with Crippen LogP contribution in [0.5, 0.6) is 69.0 Å². The van der Waals surface area contributed by atoms with Gasteiger partial charge in [0.05, 0.1) is 36.5 Å². The number of nitrogens with zero attached hydrogens (tertiary/aromatic N) is 6. The summed E-state index contributed by atoms with van der Waals surface area (Å²) in [5.74, 6) is 2.90. The molecule has 0 spiro atoms. The van der Waals surface area contributed by atoms with Gasteiger partial charge in [-0.3, -0.25) is 0 Å². The van der Waals surface area contributed by atoms with Crippen LogP contribution < -0.4 is 42.6 Å². The molecule has 0 saturated heterocycles. The molecule has 3 N–H and O–H groups in total. The van der Waals surface area contributed by atoms with E-state index in [0.717, 1.165) is 18.2 Å². The van der Waals surface area contributed by atoms with Gasteiger partial charge < -0.3 is 81.6 Å². The molecule has 2 heterocycles. The van der Waals surface area contributed by atoms with Crippen LogP contribution in [0.15, 0.2) is 232 Å². The van der Waals surface area contributed by atoms with Crippen molar-refractivity contribution in [1.82, 2.24) is 29.9 Å². The Morgan fingerprint density at radius 1 is 0.333 bits per heavy atom. The second-order valence-corrected chi connectivity index (χ2v) is 21.3. The minimum atomic E-state index is -0.864. The number of rotatable bonds is 35. The minimum Gasteiger partial charge on any atom is -0.507 e. The number of carbonyl (C=O) groups excluding carboxylic acids is 4. The second-order valence-electron chi connectivity index (χ2n) is 21.3. The van der Waals surface area contributed by atoms with Gasteiger partial charge in [-0.1, -0.05) is 56.1 Å². The molecular formula is C78H70N6O21. The zero-order valence-electron chi connectivity index (χ0n) is 56.8. The fraction of sp³-hybridized carbons (Fsp3) is 0.154. The number of aromatic nitrogens is 6. The van der Waals surface area contributed by atoms with Crippen LogP contribution in [0.1, 0.15) is 0 Å². The number of methoxy groups -OCH3 is 2. The van der Waals surface area contributed by atoms with Crippen LogP contribution in [0.25, 0.3) is 68.3 Å². The van der Waals surface area contributed by atoms with Crippen molar-refractivity contribution in [2.24, 2.45) is 0 Å². The highest BCUT2D eigenvalue weighted by molar-refractivity contribution is 5.82. The summed E-state index contributed by atoms with van der Waals surface area (Å²) in [4.78, 5) is 74.2. The summed E-state index contributed by atoms with van der Waals surface area (Å²) in [5, 5.41) is 33.2. The third-order valence-corrected chi connectivity index (χ3v) is 14.2. The largest absolute Gasteiger partial charge is 0.513 e. The fourth-order valence-corrected chi connectivity index (χ4v) is 9.18. The molecule has 0 aliphatic rings. The molecule has 0 aliphatic heterocycles. The van der Waals surface area contributed by atoms with E-state index in [0.29, 0.717) is 68.2 Å². The lowest BCUT2D eigenvalue weighted by Crippen LogP contribution is -2.15. The number of hydrogen-bond acceptors (Lipinski definition) is 27. The molecule has 0 bridgehead atoms. The number of para-hydroxylation sites is 2. The van der Waals surface area contributed by atoms with Crippen LogP contribution in [0.3, 0.4) is 0 Å². The van der Waals surface area contributed by atoms with Crippen molar-refractivity contribution in [2.75, 3.05) is 80.3 Å². The lowest BCUT2D eigenvalue weighted by Gasteiger charge is -2.15. The fourth-order valence-electron chi connectivity index (χ4n) is 9.18. The molecule has 8 aromatic carbocycles. The molecule has 0 atom stereocenters. The Kier molecular flexibility index (Phi) is 27.6. The van der Waals surface area contributed by atoms with E-state index in [-0.39, 0.29) is 141 Å². The van der Waals surface area contributed by atoms with Gasteiger partial charge in [-0.25, -0.2) is 49.1 Å².